The first-order valence-corrected chi connectivity index (χ1v) is 4.22. The first-order chi connectivity index (χ1) is 5.74. The third-order valence-electron chi connectivity index (χ3n) is 2.20. The van der Waals surface area contributed by atoms with Gasteiger partial charge in [0.25, 0.3) is 0 Å². The largest absolute Gasteiger partial charge is 0.371 e. The van der Waals surface area contributed by atoms with E-state index in [1.807, 2.05) is 0 Å². The van der Waals surface area contributed by atoms with Crippen LogP contribution in [-0.4, -0.2) is 41.9 Å². The predicted molar refractivity (Wildman–Crippen MR) is 43.4 cm³/mol. The molecule has 0 aromatic rings. The zero-order chi connectivity index (χ0) is 8.97. The summed E-state index contributed by atoms with van der Waals surface area (Å²) >= 11 is 0. The number of rotatable bonds is 2. The lowest BCUT2D eigenvalue weighted by molar-refractivity contribution is -0.133. The lowest BCUT2D eigenvalue weighted by Gasteiger charge is -2.30. The highest BCUT2D eigenvalue weighted by Gasteiger charge is 2.20. The number of nitrogens with zero attached hydrogens (tertiary/aromatic N) is 1. The number of carbonyl (C=O) groups excluding carboxylic acids is 1. The molecule has 1 aliphatic heterocycles. The minimum Gasteiger partial charge on any atom is -0.371 e. The summed E-state index contributed by atoms with van der Waals surface area (Å²) in [5, 5.41) is 8.49. The van der Waals surface area contributed by atoms with Gasteiger partial charge in [0.15, 0.2) is 0 Å². The topological polar surface area (TPSA) is 49.8 Å². The van der Waals surface area contributed by atoms with Crippen molar-refractivity contribution in [3.05, 3.63) is 0 Å². The van der Waals surface area contributed by atoms with Crippen LogP contribution in [0.25, 0.3) is 0 Å². The number of likely N-dealkylation sites (tertiary alicyclic amines) is 1. The van der Waals surface area contributed by atoms with Gasteiger partial charge in [-0.2, -0.15) is 0 Å². The van der Waals surface area contributed by atoms with E-state index >= 15 is 0 Å². The molecule has 1 aliphatic rings. The summed E-state index contributed by atoms with van der Waals surface area (Å²) in [4.78, 5) is 12.7. The Bertz CT molecular complexity index is 152. The third-order valence-corrected chi connectivity index (χ3v) is 2.20. The molecule has 0 aromatic carbocycles. The summed E-state index contributed by atoms with van der Waals surface area (Å²) in [5.74, 6) is 0.123. The van der Waals surface area contributed by atoms with E-state index in [1.54, 1.807) is 11.8 Å². The molecule has 0 unspecified atom stereocenters. The van der Waals surface area contributed by atoms with Gasteiger partial charge in [-0.15, -0.1) is 0 Å². The van der Waals surface area contributed by atoms with Crippen LogP contribution >= 0.6 is 0 Å². The van der Waals surface area contributed by atoms with Crippen LogP contribution in [0.15, 0.2) is 0 Å². The molecule has 1 N–H and O–H groups in total. The predicted octanol–water partition coefficient (Wildman–Crippen LogP) is -0.0363. The number of hydrogen-bond donors (Lipinski definition) is 1. The van der Waals surface area contributed by atoms with E-state index < -0.39 is 0 Å². The van der Waals surface area contributed by atoms with Crippen LogP contribution in [0.2, 0.25) is 0 Å². The van der Waals surface area contributed by atoms with Gasteiger partial charge in [0.05, 0.1) is 6.10 Å². The molecule has 0 aromatic heterocycles. The Morgan fingerprint density at radius 2 is 2.17 bits per heavy atom. The Kier molecular flexibility index (Phi) is 3.49. The highest BCUT2D eigenvalue weighted by atomic mass is 16.6. The second kappa shape index (κ2) is 4.42. The monoisotopic (exact) mass is 173 g/mol. The average Bonchev–Trinajstić information content (AvgIpc) is 2.06. The van der Waals surface area contributed by atoms with E-state index in [0.29, 0.717) is 0 Å². The molecular formula is C8H15NO3. The van der Waals surface area contributed by atoms with Gasteiger partial charge in [-0.3, -0.25) is 4.79 Å². The van der Waals surface area contributed by atoms with Gasteiger partial charge in [0.2, 0.25) is 5.91 Å². The van der Waals surface area contributed by atoms with Crippen molar-refractivity contribution in [2.75, 3.05) is 19.9 Å². The maximum Gasteiger partial charge on any atom is 0.219 e. The minimum atomic E-state index is -0.218. The number of carbonyl (C=O) groups is 1. The van der Waals surface area contributed by atoms with Gasteiger partial charge >= 0.3 is 0 Å². The Morgan fingerprint density at radius 3 is 2.58 bits per heavy atom. The van der Waals surface area contributed by atoms with Crippen LogP contribution in [0, 0.1) is 0 Å². The fourth-order valence-corrected chi connectivity index (χ4v) is 1.44. The molecule has 0 spiro atoms. The average molecular weight is 173 g/mol. The summed E-state index contributed by atoms with van der Waals surface area (Å²) < 4.78 is 5.03. The number of hydrogen-bond acceptors (Lipinski definition) is 3. The zero-order valence-corrected chi connectivity index (χ0v) is 7.32. The van der Waals surface area contributed by atoms with Crippen molar-refractivity contribution < 1.29 is 14.6 Å². The molecule has 1 fully saturated rings. The molecule has 12 heavy (non-hydrogen) atoms. The van der Waals surface area contributed by atoms with Crippen LogP contribution in [0.4, 0.5) is 0 Å². The maximum absolute atomic E-state index is 10.9. The van der Waals surface area contributed by atoms with Crippen molar-refractivity contribution in [3.8, 4) is 0 Å². The van der Waals surface area contributed by atoms with Crippen molar-refractivity contribution >= 4 is 5.91 Å². The quantitative estimate of drug-likeness (QED) is 0.596. The smallest absolute Gasteiger partial charge is 0.219 e. The molecule has 1 amide bonds. The highest BCUT2D eigenvalue weighted by molar-refractivity contribution is 5.73. The van der Waals surface area contributed by atoms with Gasteiger partial charge in [0, 0.05) is 20.0 Å². The fourth-order valence-electron chi connectivity index (χ4n) is 1.44. The summed E-state index contributed by atoms with van der Waals surface area (Å²) in [6.07, 6.45) is 1.80. The second-order valence-corrected chi connectivity index (χ2v) is 3.00. The molecule has 70 valence electrons. The Hall–Kier alpha value is -0.610. The van der Waals surface area contributed by atoms with Crippen molar-refractivity contribution in [2.45, 2.75) is 25.9 Å². The molecule has 0 bridgehead atoms. The van der Waals surface area contributed by atoms with Crippen molar-refractivity contribution in [3.63, 3.8) is 0 Å². The second-order valence-electron chi connectivity index (χ2n) is 3.00. The molecule has 1 rings (SSSR count). The normalized spacial score (nSPS) is 19.7. The first-order valence-electron chi connectivity index (χ1n) is 4.22. The van der Waals surface area contributed by atoms with Crippen molar-refractivity contribution in [1.29, 1.82) is 0 Å². The molecule has 1 saturated heterocycles. The number of aliphatic hydroxyl groups excluding tert-OH is 1. The van der Waals surface area contributed by atoms with E-state index in [2.05, 4.69) is 0 Å². The van der Waals surface area contributed by atoms with E-state index in [-0.39, 0.29) is 18.8 Å². The van der Waals surface area contributed by atoms with E-state index in [4.69, 9.17) is 9.84 Å². The van der Waals surface area contributed by atoms with Crippen LogP contribution in [0.3, 0.4) is 0 Å². The number of amides is 1. The first kappa shape index (κ1) is 9.48. The molecular weight excluding hydrogens is 158 g/mol. The molecule has 0 atom stereocenters. The summed E-state index contributed by atoms with van der Waals surface area (Å²) in [5.41, 5.74) is 0. The third kappa shape index (κ3) is 2.46. The van der Waals surface area contributed by atoms with Crippen LogP contribution < -0.4 is 0 Å². The molecule has 0 aliphatic carbocycles. The number of ether oxygens (including phenoxy) is 1. The molecule has 0 radical (unpaired) electrons. The van der Waals surface area contributed by atoms with E-state index in [0.717, 1.165) is 25.9 Å². The van der Waals surface area contributed by atoms with E-state index in [9.17, 15) is 4.79 Å². The van der Waals surface area contributed by atoms with Gasteiger partial charge < -0.3 is 14.7 Å². The standard InChI is InChI=1S/C8H15NO3/c1-7(11)9-4-2-8(3-5-9)12-6-10/h8,10H,2-6H2,1H3. The Morgan fingerprint density at radius 1 is 1.58 bits per heavy atom. The number of piperidine rings is 1. The van der Waals surface area contributed by atoms with Crippen molar-refractivity contribution in [2.24, 2.45) is 0 Å². The minimum absolute atomic E-state index is 0.123. The lowest BCUT2D eigenvalue weighted by atomic mass is 10.1. The number of aliphatic hydroxyl groups is 1. The lowest BCUT2D eigenvalue weighted by Crippen LogP contribution is -2.39. The van der Waals surface area contributed by atoms with Gasteiger partial charge in [0.1, 0.15) is 6.79 Å². The SMILES string of the molecule is CC(=O)N1CCC(OCO)CC1. The van der Waals surface area contributed by atoms with Crippen molar-refractivity contribution in [1.82, 2.24) is 4.90 Å². The van der Waals surface area contributed by atoms with Gasteiger partial charge in [-0.1, -0.05) is 0 Å². The van der Waals surface area contributed by atoms with Gasteiger partial charge in [-0.05, 0) is 12.8 Å². The van der Waals surface area contributed by atoms with Crippen LogP contribution in [0.5, 0.6) is 0 Å². The zero-order valence-electron chi connectivity index (χ0n) is 7.32. The fraction of sp³-hybridized carbons (Fsp3) is 0.875. The molecule has 0 saturated carbocycles. The molecule has 4 nitrogen and oxygen atoms in total. The van der Waals surface area contributed by atoms with E-state index in [1.165, 1.54) is 0 Å². The maximum atomic E-state index is 10.9. The molecule has 1 heterocycles. The summed E-state index contributed by atoms with van der Waals surface area (Å²) in [6, 6.07) is 0. The highest BCUT2D eigenvalue weighted by Crippen LogP contribution is 2.12. The van der Waals surface area contributed by atoms with Gasteiger partial charge in [-0.25, -0.2) is 0 Å². The molecule has 4 heteroatoms. The Labute approximate surface area is 72.1 Å². The van der Waals surface area contributed by atoms with Crippen LogP contribution in [0.1, 0.15) is 19.8 Å². The Balaban J connectivity index is 2.25. The van der Waals surface area contributed by atoms with Crippen LogP contribution in [-0.2, 0) is 9.53 Å². The summed E-state index contributed by atoms with van der Waals surface area (Å²) in [7, 11) is 0. The summed E-state index contributed by atoms with van der Waals surface area (Å²) in [6.45, 7) is 2.86.